The molecule has 194 valence electrons. The fourth-order valence-electron chi connectivity index (χ4n) is 4.18. The molecule has 1 fully saturated rings. The van der Waals surface area contributed by atoms with Crippen LogP contribution >= 0.6 is 0 Å². The van der Waals surface area contributed by atoms with Gasteiger partial charge in [0.2, 0.25) is 5.91 Å². The third kappa shape index (κ3) is 6.08. The summed E-state index contributed by atoms with van der Waals surface area (Å²) in [7, 11) is 0. The minimum Gasteiger partial charge on any atom is -0.361 e. The molecule has 2 heterocycles. The quantitative estimate of drug-likeness (QED) is 0.360. The molecule has 0 spiro atoms. The minimum atomic E-state index is -0.883. The van der Waals surface area contributed by atoms with Crippen molar-refractivity contribution in [2.24, 2.45) is 5.92 Å². The molecular formula is C27H29FN4O5. The number of fused-ring (bicyclic) bond motifs is 1. The lowest BCUT2D eigenvalue weighted by Crippen LogP contribution is -2.49. The highest BCUT2D eigenvalue weighted by Crippen LogP contribution is 2.29. The molecule has 0 radical (unpaired) electrons. The van der Waals surface area contributed by atoms with Crippen molar-refractivity contribution in [1.82, 2.24) is 20.8 Å². The Morgan fingerprint density at radius 1 is 1.16 bits per heavy atom. The average Bonchev–Trinajstić information content (AvgIpc) is 3.62. The standard InChI is InChI=1S/C27H29FN4O5/c1-15(2)10-22(24(34)27(3)14-37-27)30-23(33)13-29-25(35)19-11-16(8-9-20(19)28)12-21-17-6-4-5-7-18(17)26(36)32-31-21/h4-9,11,15,22H,10,12-14H2,1-3H3,(H,29,35)(H,30,33)(H,32,36)/t22-,27+/m0/s1. The van der Waals surface area contributed by atoms with Crippen LogP contribution in [0.3, 0.4) is 0 Å². The summed E-state index contributed by atoms with van der Waals surface area (Å²) in [6.45, 7) is 5.44. The molecule has 2 amide bonds. The topological polar surface area (TPSA) is 134 Å². The number of carbonyl (C=O) groups excluding carboxylic acids is 3. The number of rotatable bonds is 10. The number of epoxide rings is 1. The molecule has 1 aliphatic rings. The van der Waals surface area contributed by atoms with Gasteiger partial charge in [0.05, 0.1) is 35.8 Å². The number of halogens is 1. The highest BCUT2D eigenvalue weighted by molar-refractivity contribution is 5.99. The van der Waals surface area contributed by atoms with Gasteiger partial charge < -0.3 is 15.4 Å². The van der Waals surface area contributed by atoms with Crippen LogP contribution in [-0.4, -0.2) is 52.6 Å². The lowest BCUT2D eigenvalue weighted by atomic mass is 9.93. The third-order valence-electron chi connectivity index (χ3n) is 6.29. The van der Waals surface area contributed by atoms with Gasteiger partial charge in [-0.05, 0) is 43.0 Å². The van der Waals surface area contributed by atoms with E-state index < -0.39 is 35.8 Å². The first-order chi connectivity index (χ1) is 17.6. The number of benzene rings is 2. The van der Waals surface area contributed by atoms with Crippen LogP contribution in [0.4, 0.5) is 4.39 Å². The molecule has 1 aromatic heterocycles. The lowest BCUT2D eigenvalue weighted by Gasteiger charge is -2.21. The van der Waals surface area contributed by atoms with Crippen LogP contribution in [0.5, 0.6) is 0 Å². The molecule has 37 heavy (non-hydrogen) atoms. The fraction of sp³-hybridized carbons (Fsp3) is 0.370. The fourth-order valence-corrected chi connectivity index (χ4v) is 4.18. The predicted molar refractivity (Wildman–Crippen MR) is 135 cm³/mol. The number of nitrogens with zero attached hydrogens (tertiary/aromatic N) is 1. The van der Waals surface area contributed by atoms with E-state index in [0.717, 1.165) is 0 Å². The van der Waals surface area contributed by atoms with Gasteiger partial charge in [-0.3, -0.25) is 19.2 Å². The predicted octanol–water partition coefficient (Wildman–Crippen LogP) is 2.27. The second-order valence-electron chi connectivity index (χ2n) is 9.85. The van der Waals surface area contributed by atoms with E-state index in [-0.39, 0.29) is 29.2 Å². The first kappa shape index (κ1) is 26.2. The maximum atomic E-state index is 14.5. The number of ketones is 1. The normalized spacial score (nSPS) is 17.4. The molecule has 10 heteroatoms. The summed E-state index contributed by atoms with van der Waals surface area (Å²) in [5.41, 5.74) is -0.255. The summed E-state index contributed by atoms with van der Waals surface area (Å²) in [5.74, 6) is -2.12. The molecular weight excluding hydrogens is 479 g/mol. The van der Waals surface area contributed by atoms with Gasteiger partial charge in [-0.15, -0.1) is 0 Å². The smallest absolute Gasteiger partial charge is 0.272 e. The third-order valence-corrected chi connectivity index (χ3v) is 6.29. The Bertz CT molecular complexity index is 1410. The van der Waals surface area contributed by atoms with E-state index in [1.807, 2.05) is 13.8 Å². The number of hydrogen-bond acceptors (Lipinski definition) is 6. The van der Waals surface area contributed by atoms with E-state index >= 15 is 0 Å². The molecule has 0 bridgehead atoms. The van der Waals surface area contributed by atoms with Gasteiger partial charge in [-0.2, -0.15) is 5.10 Å². The van der Waals surface area contributed by atoms with Crippen LogP contribution < -0.4 is 16.2 Å². The Balaban J connectivity index is 1.43. The number of H-pyrrole nitrogens is 1. The molecule has 3 aromatic rings. The van der Waals surface area contributed by atoms with E-state index in [0.29, 0.717) is 35.1 Å². The summed E-state index contributed by atoms with van der Waals surface area (Å²) >= 11 is 0. The van der Waals surface area contributed by atoms with Crippen LogP contribution in [0.15, 0.2) is 47.3 Å². The van der Waals surface area contributed by atoms with E-state index in [9.17, 15) is 23.6 Å². The van der Waals surface area contributed by atoms with Crippen LogP contribution in [0.1, 0.15) is 48.8 Å². The highest BCUT2D eigenvalue weighted by atomic mass is 19.1. The number of ether oxygens (including phenoxy) is 1. The van der Waals surface area contributed by atoms with Crippen molar-refractivity contribution in [2.45, 2.75) is 45.3 Å². The number of nitrogens with one attached hydrogen (secondary N) is 3. The van der Waals surface area contributed by atoms with Gasteiger partial charge in [0.25, 0.3) is 11.5 Å². The van der Waals surface area contributed by atoms with Crippen LogP contribution in [0.25, 0.3) is 10.8 Å². The van der Waals surface area contributed by atoms with Gasteiger partial charge in [0, 0.05) is 11.8 Å². The van der Waals surface area contributed by atoms with Crippen LogP contribution in [0, 0.1) is 11.7 Å². The van der Waals surface area contributed by atoms with Crippen molar-refractivity contribution in [2.75, 3.05) is 13.2 Å². The second-order valence-corrected chi connectivity index (χ2v) is 9.85. The number of Topliss-reactive ketones (excluding diaryl/α,β-unsaturated/α-hetero) is 1. The van der Waals surface area contributed by atoms with Crippen LogP contribution in [0.2, 0.25) is 0 Å². The molecule has 1 aliphatic heterocycles. The van der Waals surface area contributed by atoms with Gasteiger partial charge >= 0.3 is 0 Å². The summed E-state index contributed by atoms with van der Waals surface area (Å²) in [4.78, 5) is 50.0. The summed E-state index contributed by atoms with van der Waals surface area (Å²) < 4.78 is 19.7. The van der Waals surface area contributed by atoms with Crippen molar-refractivity contribution in [1.29, 1.82) is 0 Å². The maximum absolute atomic E-state index is 14.5. The molecule has 3 N–H and O–H groups in total. The van der Waals surface area contributed by atoms with E-state index in [1.54, 1.807) is 31.2 Å². The number of hydrogen-bond donors (Lipinski definition) is 3. The molecule has 0 unspecified atom stereocenters. The highest BCUT2D eigenvalue weighted by Gasteiger charge is 2.50. The maximum Gasteiger partial charge on any atom is 0.272 e. The SMILES string of the molecule is CC(C)C[C@H](NC(=O)CNC(=O)c1cc(Cc2n[nH]c(=O)c3ccccc23)ccc1F)C(=O)[C@@]1(C)CO1. The zero-order valence-corrected chi connectivity index (χ0v) is 20.9. The molecule has 0 saturated carbocycles. The molecule has 0 aliphatic carbocycles. The van der Waals surface area contributed by atoms with Crippen molar-refractivity contribution in [3.8, 4) is 0 Å². The lowest BCUT2D eigenvalue weighted by molar-refractivity contribution is -0.130. The Kier molecular flexibility index (Phi) is 7.49. The van der Waals surface area contributed by atoms with Crippen molar-refractivity contribution in [3.63, 3.8) is 0 Å². The largest absolute Gasteiger partial charge is 0.361 e. The number of aromatic nitrogens is 2. The Hall–Kier alpha value is -3.92. The van der Waals surface area contributed by atoms with Crippen LogP contribution in [-0.2, 0) is 20.7 Å². The Morgan fingerprint density at radius 2 is 1.86 bits per heavy atom. The van der Waals surface area contributed by atoms with Crippen molar-refractivity contribution in [3.05, 3.63) is 75.5 Å². The monoisotopic (exact) mass is 508 g/mol. The number of carbonyl (C=O) groups is 3. The summed E-state index contributed by atoms with van der Waals surface area (Å²) in [6.07, 6.45) is 0.680. The zero-order chi connectivity index (χ0) is 26.7. The van der Waals surface area contributed by atoms with E-state index in [2.05, 4.69) is 20.8 Å². The molecule has 2 atom stereocenters. The van der Waals surface area contributed by atoms with Gasteiger partial charge in [0.15, 0.2) is 5.78 Å². The van der Waals surface area contributed by atoms with Gasteiger partial charge in [-0.1, -0.05) is 38.1 Å². The first-order valence-electron chi connectivity index (χ1n) is 12.1. The average molecular weight is 509 g/mol. The number of amides is 2. The minimum absolute atomic E-state index is 0.150. The Labute approximate surface area is 212 Å². The summed E-state index contributed by atoms with van der Waals surface area (Å²) in [5, 5.41) is 12.8. The van der Waals surface area contributed by atoms with Gasteiger partial charge in [0.1, 0.15) is 11.4 Å². The van der Waals surface area contributed by atoms with Crippen molar-refractivity contribution >= 4 is 28.4 Å². The Morgan fingerprint density at radius 3 is 2.54 bits per heavy atom. The van der Waals surface area contributed by atoms with Gasteiger partial charge in [-0.25, -0.2) is 9.49 Å². The van der Waals surface area contributed by atoms with E-state index in [1.165, 1.54) is 18.2 Å². The molecule has 1 saturated heterocycles. The number of aromatic amines is 1. The molecule has 2 aromatic carbocycles. The second kappa shape index (κ2) is 10.6. The molecule has 4 rings (SSSR count). The molecule has 9 nitrogen and oxygen atoms in total. The first-order valence-corrected chi connectivity index (χ1v) is 12.1. The summed E-state index contributed by atoms with van der Waals surface area (Å²) in [6, 6.07) is 10.4. The van der Waals surface area contributed by atoms with Crippen molar-refractivity contribution < 1.29 is 23.5 Å². The van der Waals surface area contributed by atoms with E-state index in [4.69, 9.17) is 4.74 Å². The zero-order valence-electron chi connectivity index (χ0n) is 20.9.